The maximum Gasteiger partial charge on any atom is 0.306 e. The summed E-state index contributed by atoms with van der Waals surface area (Å²) in [6.07, 6.45) is 2.47. The molecule has 4 heterocycles. The van der Waals surface area contributed by atoms with Crippen molar-refractivity contribution in [2.24, 2.45) is 10.8 Å². The smallest absolute Gasteiger partial charge is 0.306 e. The number of morpholine rings is 1. The summed E-state index contributed by atoms with van der Waals surface area (Å²) in [5, 5.41) is 0. The largest absolute Gasteiger partial charge is 0.493 e. The molecule has 0 saturated carbocycles. The number of benzene rings is 1. The lowest BCUT2D eigenvalue weighted by Gasteiger charge is -2.34. The van der Waals surface area contributed by atoms with Crippen molar-refractivity contribution in [1.82, 2.24) is 19.2 Å². The Balaban J connectivity index is 1.30. The fraction of sp³-hybridized carbons (Fsp3) is 0.618. The Morgan fingerprint density at radius 2 is 1.66 bits per heavy atom. The first kappa shape index (κ1) is 35.5. The van der Waals surface area contributed by atoms with E-state index < -0.39 is 10.0 Å². The van der Waals surface area contributed by atoms with Crippen molar-refractivity contribution in [2.75, 3.05) is 76.9 Å². The molecule has 2 aliphatic rings. The van der Waals surface area contributed by atoms with Gasteiger partial charge in [-0.15, -0.1) is 11.3 Å². The molecule has 258 valence electrons. The number of nitrogens with zero attached hydrogens (tertiary/aromatic N) is 5. The van der Waals surface area contributed by atoms with Crippen molar-refractivity contribution in [3.8, 4) is 17.1 Å². The normalized spacial score (nSPS) is 17.3. The fourth-order valence-electron chi connectivity index (χ4n) is 6.59. The third-order valence-electron chi connectivity index (χ3n) is 8.52. The van der Waals surface area contributed by atoms with Crippen LogP contribution in [0.4, 0.5) is 5.82 Å². The number of sulfonamides is 1. The van der Waals surface area contributed by atoms with Crippen LogP contribution >= 0.6 is 11.3 Å². The van der Waals surface area contributed by atoms with Gasteiger partial charge in [-0.2, -0.15) is 4.31 Å². The summed E-state index contributed by atoms with van der Waals surface area (Å²) < 4.78 is 43.5. The predicted molar refractivity (Wildman–Crippen MR) is 187 cm³/mol. The van der Waals surface area contributed by atoms with Gasteiger partial charge in [-0.1, -0.05) is 27.7 Å². The average molecular weight is 688 g/mol. The van der Waals surface area contributed by atoms with Crippen LogP contribution in [0.3, 0.4) is 0 Å². The number of fused-ring (bicyclic) bond motifs is 1. The van der Waals surface area contributed by atoms with Crippen molar-refractivity contribution in [3.05, 3.63) is 35.2 Å². The molecule has 0 aliphatic carbocycles. The van der Waals surface area contributed by atoms with E-state index in [1.54, 1.807) is 15.6 Å². The number of thiophene rings is 1. The van der Waals surface area contributed by atoms with E-state index in [2.05, 4.69) is 43.6 Å². The van der Waals surface area contributed by atoms with E-state index in [4.69, 9.17) is 24.2 Å². The minimum atomic E-state index is -3.16. The zero-order valence-electron chi connectivity index (χ0n) is 28.6. The molecule has 0 radical (unpaired) electrons. The topological polar surface area (TPSA) is 114 Å². The second-order valence-corrected chi connectivity index (χ2v) is 17.3. The van der Waals surface area contributed by atoms with E-state index in [-0.39, 0.29) is 16.8 Å². The molecule has 0 bridgehead atoms. The van der Waals surface area contributed by atoms with E-state index in [0.717, 1.165) is 53.4 Å². The van der Waals surface area contributed by atoms with Gasteiger partial charge in [0, 0.05) is 56.3 Å². The van der Waals surface area contributed by atoms with Gasteiger partial charge in [0.1, 0.15) is 5.75 Å². The molecule has 0 spiro atoms. The van der Waals surface area contributed by atoms with Crippen LogP contribution in [0.2, 0.25) is 0 Å². The summed E-state index contributed by atoms with van der Waals surface area (Å²) in [5.41, 5.74) is 1.48. The molecule has 0 amide bonds. The van der Waals surface area contributed by atoms with Gasteiger partial charge in [-0.3, -0.25) is 9.69 Å². The summed E-state index contributed by atoms with van der Waals surface area (Å²) in [6, 6.07) is 10.1. The van der Waals surface area contributed by atoms with Gasteiger partial charge in [-0.05, 0) is 54.5 Å². The molecular formula is C34H49N5O6S2. The van der Waals surface area contributed by atoms with Crippen LogP contribution in [0.1, 0.15) is 52.3 Å². The zero-order valence-corrected chi connectivity index (χ0v) is 30.2. The number of aromatic nitrogens is 2. The first-order valence-electron chi connectivity index (χ1n) is 16.4. The highest BCUT2D eigenvalue weighted by Crippen LogP contribution is 2.38. The summed E-state index contributed by atoms with van der Waals surface area (Å²) in [4.78, 5) is 28.0. The number of anilines is 1. The van der Waals surface area contributed by atoms with Crippen molar-refractivity contribution in [2.45, 2.75) is 54.0 Å². The number of carbonyl (C=O) groups is 1. The van der Waals surface area contributed by atoms with Gasteiger partial charge in [0.15, 0.2) is 11.6 Å². The van der Waals surface area contributed by atoms with E-state index in [9.17, 15) is 13.2 Å². The SMILES string of the molecule is CCOC(=O)CC(C)(C)CC(C)(C)COc1ccc(-c2nc(N3CCOCC3)c3sc(CN4CCN(S(C)(=O)=O)CC4)cc3n2)cc1. The number of esters is 1. The van der Waals surface area contributed by atoms with Gasteiger partial charge in [0.05, 0.1) is 49.3 Å². The highest BCUT2D eigenvalue weighted by atomic mass is 32.2. The highest BCUT2D eigenvalue weighted by Gasteiger charge is 2.32. The first-order valence-corrected chi connectivity index (χ1v) is 19.1. The minimum Gasteiger partial charge on any atom is -0.493 e. The van der Waals surface area contributed by atoms with Crippen LogP contribution < -0.4 is 9.64 Å². The molecule has 2 fully saturated rings. The van der Waals surface area contributed by atoms with Crippen molar-refractivity contribution >= 4 is 43.4 Å². The van der Waals surface area contributed by atoms with Crippen LogP contribution in [0.25, 0.3) is 21.6 Å². The van der Waals surface area contributed by atoms with Crippen LogP contribution in [0.15, 0.2) is 30.3 Å². The van der Waals surface area contributed by atoms with Gasteiger partial charge >= 0.3 is 5.97 Å². The lowest BCUT2D eigenvalue weighted by atomic mass is 9.74. The third kappa shape index (κ3) is 9.62. The van der Waals surface area contributed by atoms with Gasteiger partial charge in [0.2, 0.25) is 10.0 Å². The average Bonchev–Trinajstić information content (AvgIpc) is 3.41. The summed E-state index contributed by atoms with van der Waals surface area (Å²) in [6.45, 7) is 17.3. The van der Waals surface area contributed by atoms with Crippen LogP contribution in [0, 0.1) is 10.8 Å². The number of hydrogen-bond donors (Lipinski definition) is 0. The molecule has 0 atom stereocenters. The Bertz CT molecular complexity index is 1630. The lowest BCUT2D eigenvalue weighted by molar-refractivity contribution is -0.145. The maximum atomic E-state index is 12.1. The molecule has 2 saturated heterocycles. The van der Waals surface area contributed by atoms with Gasteiger partial charge in [0.25, 0.3) is 0 Å². The Kier molecular flexibility index (Phi) is 11.1. The number of hydrogen-bond acceptors (Lipinski definition) is 11. The van der Waals surface area contributed by atoms with Crippen LogP contribution in [0.5, 0.6) is 5.75 Å². The number of piperazine rings is 1. The third-order valence-corrected chi connectivity index (χ3v) is 10.9. The van der Waals surface area contributed by atoms with E-state index >= 15 is 0 Å². The molecule has 13 heteroatoms. The second kappa shape index (κ2) is 14.7. The Labute approximate surface area is 283 Å². The molecule has 0 unspecified atom stereocenters. The second-order valence-electron chi connectivity index (χ2n) is 14.1. The van der Waals surface area contributed by atoms with E-state index in [1.165, 1.54) is 11.1 Å². The zero-order chi connectivity index (χ0) is 33.8. The molecule has 11 nitrogen and oxygen atoms in total. The minimum absolute atomic E-state index is 0.145. The highest BCUT2D eigenvalue weighted by molar-refractivity contribution is 7.88. The fourth-order valence-corrected chi connectivity index (χ4v) is 8.57. The summed E-state index contributed by atoms with van der Waals surface area (Å²) in [7, 11) is -3.16. The molecule has 3 aromatic rings. The first-order chi connectivity index (χ1) is 22.2. The number of rotatable bonds is 13. The summed E-state index contributed by atoms with van der Waals surface area (Å²) in [5.74, 6) is 2.20. The monoisotopic (exact) mass is 687 g/mol. The molecule has 2 aromatic heterocycles. The van der Waals surface area contributed by atoms with E-state index in [0.29, 0.717) is 64.9 Å². The lowest BCUT2D eigenvalue weighted by Crippen LogP contribution is -2.47. The standard InChI is InChI=1S/C34H49N5O6S2/c1-7-44-29(40)21-33(2,3)23-34(4,5)24-45-26-10-8-25(9-11-26)31-35-28-20-27(22-37-12-14-39(15-13-37)47(6,41)42)46-30(28)32(36-31)38-16-18-43-19-17-38/h8-11,20H,7,12-19,21-24H2,1-6H3. The molecule has 47 heavy (non-hydrogen) atoms. The number of ether oxygens (including phenoxy) is 3. The maximum absolute atomic E-state index is 12.1. The molecule has 5 rings (SSSR count). The molecule has 1 aromatic carbocycles. The quantitative estimate of drug-likeness (QED) is 0.226. The predicted octanol–water partition coefficient (Wildman–Crippen LogP) is 5.05. The molecule has 2 aliphatic heterocycles. The number of carbonyl (C=O) groups excluding carboxylic acids is 1. The molecular weight excluding hydrogens is 639 g/mol. The van der Waals surface area contributed by atoms with Crippen molar-refractivity contribution < 1.29 is 27.4 Å². The molecule has 0 N–H and O–H groups in total. The van der Waals surface area contributed by atoms with Crippen LogP contribution in [-0.2, 0) is 30.8 Å². The Morgan fingerprint density at radius 1 is 0.979 bits per heavy atom. The van der Waals surface area contributed by atoms with Gasteiger partial charge < -0.3 is 19.1 Å². The van der Waals surface area contributed by atoms with Crippen molar-refractivity contribution in [3.63, 3.8) is 0 Å². The Hall–Kier alpha value is -2.84. The van der Waals surface area contributed by atoms with Crippen LogP contribution in [-0.4, -0.2) is 106 Å². The van der Waals surface area contributed by atoms with E-state index in [1.807, 2.05) is 31.2 Å². The van der Waals surface area contributed by atoms with Gasteiger partial charge in [-0.25, -0.2) is 18.4 Å². The Morgan fingerprint density at radius 3 is 2.30 bits per heavy atom. The summed E-state index contributed by atoms with van der Waals surface area (Å²) >= 11 is 1.72. The van der Waals surface area contributed by atoms with Crippen molar-refractivity contribution in [1.29, 1.82) is 0 Å².